The van der Waals surface area contributed by atoms with Crippen molar-refractivity contribution in [3.05, 3.63) is 11.6 Å². The highest BCUT2D eigenvalue weighted by molar-refractivity contribution is 6.03. The number of carbonyl (C=O) groups excluding carboxylic acids is 2. The minimum atomic E-state index is -0.512. The van der Waals surface area contributed by atoms with Gasteiger partial charge in [0.05, 0.1) is 12.7 Å². The molecule has 5 nitrogen and oxygen atoms in total. The van der Waals surface area contributed by atoms with Crippen LogP contribution in [0.5, 0.6) is 0 Å². The maximum absolute atomic E-state index is 11.2. The Morgan fingerprint density at radius 2 is 2.50 bits per heavy atom. The third-order valence-electron chi connectivity index (χ3n) is 2.18. The lowest BCUT2D eigenvalue weighted by Gasteiger charge is -2.19. The monoisotopic (exact) mass is 167 g/mol. The van der Waals surface area contributed by atoms with Crippen molar-refractivity contribution in [2.45, 2.75) is 6.04 Å². The Kier molecular flexibility index (Phi) is 1.41. The highest BCUT2D eigenvalue weighted by Gasteiger charge is 2.34. The highest BCUT2D eigenvalue weighted by atomic mass is 16.2. The van der Waals surface area contributed by atoms with Crippen LogP contribution in [0.2, 0.25) is 0 Å². The van der Waals surface area contributed by atoms with Crippen LogP contribution in [0.1, 0.15) is 0 Å². The summed E-state index contributed by atoms with van der Waals surface area (Å²) >= 11 is 0. The molecule has 2 rings (SSSR count). The van der Waals surface area contributed by atoms with E-state index in [2.05, 4.69) is 5.32 Å². The van der Waals surface area contributed by atoms with Gasteiger partial charge in [-0.15, -0.1) is 0 Å². The van der Waals surface area contributed by atoms with Crippen LogP contribution in [-0.4, -0.2) is 36.0 Å². The number of nitrogens with zero attached hydrogens (tertiary/aromatic N) is 1. The Bertz CT molecular complexity index is 284. The van der Waals surface area contributed by atoms with Gasteiger partial charge in [-0.25, -0.2) is 0 Å². The van der Waals surface area contributed by atoms with Gasteiger partial charge in [-0.05, 0) is 0 Å². The molecule has 2 aliphatic rings. The minimum Gasteiger partial charge on any atom is -0.366 e. The van der Waals surface area contributed by atoms with E-state index in [9.17, 15) is 9.59 Å². The van der Waals surface area contributed by atoms with E-state index < -0.39 is 5.91 Å². The summed E-state index contributed by atoms with van der Waals surface area (Å²) in [6.45, 7) is 1.07. The fourth-order valence-electron chi connectivity index (χ4n) is 1.51. The molecule has 0 aromatic heterocycles. The first-order chi connectivity index (χ1) is 5.68. The Morgan fingerprint density at radius 1 is 1.75 bits per heavy atom. The Hall–Kier alpha value is -1.36. The van der Waals surface area contributed by atoms with E-state index in [1.54, 1.807) is 4.90 Å². The van der Waals surface area contributed by atoms with Gasteiger partial charge in [0.2, 0.25) is 11.8 Å². The van der Waals surface area contributed by atoms with Crippen LogP contribution in [0.25, 0.3) is 0 Å². The molecule has 0 aromatic carbocycles. The molecule has 3 N–H and O–H groups in total. The summed E-state index contributed by atoms with van der Waals surface area (Å²) in [5.74, 6) is -0.646. The fourth-order valence-corrected chi connectivity index (χ4v) is 1.51. The molecule has 2 aliphatic heterocycles. The molecule has 1 fully saturated rings. The molecule has 1 atom stereocenters. The zero-order chi connectivity index (χ0) is 8.72. The Balaban J connectivity index is 2.34. The number of rotatable bonds is 1. The zero-order valence-corrected chi connectivity index (χ0v) is 6.41. The van der Waals surface area contributed by atoms with Crippen molar-refractivity contribution in [1.29, 1.82) is 0 Å². The van der Waals surface area contributed by atoms with Crippen LogP contribution < -0.4 is 11.1 Å². The van der Waals surface area contributed by atoms with Crippen molar-refractivity contribution >= 4 is 11.8 Å². The molecule has 12 heavy (non-hydrogen) atoms. The largest absolute Gasteiger partial charge is 0.366 e. The first kappa shape index (κ1) is 7.30. The van der Waals surface area contributed by atoms with Crippen molar-refractivity contribution in [2.24, 2.45) is 5.73 Å². The van der Waals surface area contributed by atoms with E-state index in [-0.39, 0.29) is 11.9 Å². The Morgan fingerprint density at radius 3 is 3.17 bits per heavy atom. The van der Waals surface area contributed by atoms with E-state index in [4.69, 9.17) is 5.73 Å². The van der Waals surface area contributed by atoms with Gasteiger partial charge in [-0.1, -0.05) is 0 Å². The Labute approximate surface area is 69.2 Å². The molecule has 1 unspecified atom stereocenters. The van der Waals surface area contributed by atoms with Gasteiger partial charge < -0.3 is 10.6 Å². The summed E-state index contributed by atoms with van der Waals surface area (Å²) in [5, 5.41) is 3.02. The maximum atomic E-state index is 11.2. The van der Waals surface area contributed by atoms with Gasteiger partial charge in [0, 0.05) is 18.2 Å². The summed E-state index contributed by atoms with van der Waals surface area (Å²) in [6.07, 6.45) is 1.32. The standard InChI is InChI=1S/C7H9N3O2/c8-7(12)4-1-6(11)10-2-5(4)9-3-10/h1,5,9H,2-3H2,(H2,8,12). The predicted octanol–water partition coefficient (Wildman–Crippen LogP) is -1.83. The summed E-state index contributed by atoms with van der Waals surface area (Å²) < 4.78 is 0. The zero-order valence-electron chi connectivity index (χ0n) is 6.41. The number of nitrogens with one attached hydrogen (secondary N) is 1. The molecule has 1 saturated heterocycles. The second-order valence-corrected chi connectivity index (χ2v) is 2.94. The van der Waals surface area contributed by atoms with Crippen molar-refractivity contribution in [3.8, 4) is 0 Å². The molecule has 0 aliphatic carbocycles. The van der Waals surface area contributed by atoms with Crippen molar-refractivity contribution < 1.29 is 9.59 Å². The maximum Gasteiger partial charge on any atom is 0.248 e. The van der Waals surface area contributed by atoms with E-state index >= 15 is 0 Å². The smallest absolute Gasteiger partial charge is 0.248 e. The van der Waals surface area contributed by atoms with Crippen molar-refractivity contribution in [2.75, 3.05) is 13.2 Å². The molecule has 2 amide bonds. The molecule has 0 aromatic rings. The molecule has 0 radical (unpaired) electrons. The third-order valence-corrected chi connectivity index (χ3v) is 2.18. The summed E-state index contributed by atoms with van der Waals surface area (Å²) in [7, 11) is 0. The lowest BCUT2D eigenvalue weighted by molar-refractivity contribution is -0.126. The van der Waals surface area contributed by atoms with Gasteiger partial charge in [-0.2, -0.15) is 0 Å². The third kappa shape index (κ3) is 0.902. The molecule has 0 spiro atoms. The lowest BCUT2D eigenvalue weighted by Crippen LogP contribution is -2.38. The van der Waals surface area contributed by atoms with Crippen LogP contribution in [0.3, 0.4) is 0 Å². The van der Waals surface area contributed by atoms with Crippen LogP contribution >= 0.6 is 0 Å². The number of nitrogens with two attached hydrogens (primary N) is 1. The van der Waals surface area contributed by atoms with Gasteiger partial charge in [0.25, 0.3) is 0 Å². The SMILES string of the molecule is NC(=O)C1=CC(=O)N2CNC1C2. The second kappa shape index (κ2) is 2.31. The number of fused-ring (bicyclic) bond motifs is 2. The molecular formula is C7H9N3O2. The summed E-state index contributed by atoms with van der Waals surface area (Å²) in [4.78, 5) is 23.6. The average Bonchev–Trinajstić information content (AvgIpc) is 2.42. The van der Waals surface area contributed by atoms with Gasteiger partial charge in [0.15, 0.2) is 0 Å². The predicted molar refractivity (Wildman–Crippen MR) is 40.8 cm³/mol. The number of amides is 2. The number of primary amides is 1. The van der Waals surface area contributed by atoms with Crippen LogP contribution in [0, 0.1) is 0 Å². The van der Waals surface area contributed by atoms with Crippen molar-refractivity contribution in [3.63, 3.8) is 0 Å². The fraction of sp³-hybridized carbons (Fsp3) is 0.429. The number of hydrogen-bond donors (Lipinski definition) is 2. The van der Waals surface area contributed by atoms with Crippen LogP contribution in [0.4, 0.5) is 0 Å². The quantitative estimate of drug-likeness (QED) is 0.482. The molecule has 2 bridgehead atoms. The van der Waals surface area contributed by atoms with Crippen molar-refractivity contribution in [1.82, 2.24) is 10.2 Å². The topological polar surface area (TPSA) is 75.4 Å². The van der Waals surface area contributed by atoms with E-state index in [0.29, 0.717) is 18.8 Å². The van der Waals surface area contributed by atoms with Gasteiger partial charge in [0.1, 0.15) is 0 Å². The first-order valence-corrected chi connectivity index (χ1v) is 3.72. The summed E-state index contributed by atoms with van der Waals surface area (Å²) in [5.41, 5.74) is 5.49. The van der Waals surface area contributed by atoms with Crippen LogP contribution in [0.15, 0.2) is 11.6 Å². The second-order valence-electron chi connectivity index (χ2n) is 2.94. The van der Waals surface area contributed by atoms with Gasteiger partial charge in [-0.3, -0.25) is 14.9 Å². The number of carbonyl (C=O) groups is 2. The first-order valence-electron chi connectivity index (χ1n) is 3.72. The molecule has 0 saturated carbocycles. The summed E-state index contributed by atoms with van der Waals surface area (Å²) in [6, 6.07) is -0.0554. The average molecular weight is 167 g/mol. The van der Waals surface area contributed by atoms with E-state index in [0.717, 1.165) is 0 Å². The minimum absolute atomic E-state index is 0.0554. The highest BCUT2D eigenvalue weighted by Crippen LogP contribution is 2.16. The molecule has 2 heterocycles. The lowest BCUT2D eigenvalue weighted by atomic mass is 10.0. The van der Waals surface area contributed by atoms with E-state index in [1.165, 1.54) is 6.08 Å². The molecule has 64 valence electrons. The normalized spacial score (nSPS) is 27.3. The van der Waals surface area contributed by atoms with E-state index in [1.807, 2.05) is 0 Å². The van der Waals surface area contributed by atoms with Gasteiger partial charge >= 0.3 is 0 Å². The number of hydrogen-bond acceptors (Lipinski definition) is 3. The molecular weight excluding hydrogens is 158 g/mol. The van der Waals surface area contributed by atoms with Crippen LogP contribution in [-0.2, 0) is 9.59 Å². The molecule has 5 heteroatoms.